The van der Waals surface area contributed by atoms with Gasteiger partial charge in [0.1, 0.15) is 5.75 Å². The standard InChI is InChI=1S/C37H47N3O6/c1-25(2)9-6-10-26(3)20-22-40-33-19-16-29(38-35(43)28-14-17-31(46-5)18-15-28)23-32(33)37(45,36(40)44)27(4)11-7-13-34(42)39-21-8-12-30(39)24-41/h7,9,11,14-20,23,27,30,41,45H,6,8,10,12-13,21-22,24H2,1-5H3,(H,38,43)/b11-7+,26-20+/t27-,30+,37+/m1/s1. The zero-order chi connectivity index (χ0) is 33.4. The molecule has 0 spiro atoms. The van der Waals surface area contributed by atoms with Crippen molar-refractivity contribution in [2.75, 3.05) is 37.0 Å². The lowest BCUT2D eigenvalue weighted by Crippen LogP contribution is -2.44. The first-order chi connectivity index (χ1) is 22.0. The molecule has 4 rings (SSSR count). The molecule has 0 unspecified atom stereocenters. The van der Waals surface area contributed by atoms with Crippen molar-refractivity contribution >= 4 is 29.1 Å². The number of fused-ring (bicyclic) bond motifs is 1. The minimum atomic E-state index is -1.92. The number of carbonyl (C=O) groups is 3. The first kappa shape index (κ1) is 34.7. The van der Waals surface area contributed by atoms with Crippen LogP contribution in [0.3, 0.4) is 0 Å². The molecule has 2 aromatic carbocycles. The van der Waals surface area contributed by atoms with Crippen LogP contribution in [-0.4, -0.2) is 65.7 Å². The van der Waals surface area contributed by atoms with Crippen molar-refractivity contribution in [1.82, 2.24) is 4.90 Å². The van der Waals surface area contributed by atoms with E-state index in [1.807, 2.05) is 13.0 Å². The number of ether oxygens (including phenoxy) is 1. The Hall–Kier alpha value is -4.21. The highest BCUT2D eigenvalue weighted by molar-refractivity contribution is 6.09. The number of anilines is 2. The number of nitrogens with one attached hydrogen (secondary N) is 1. The molecule has 9 nitrogen and oxygen atoms in total. The van der Waals surface area contributed by atoms with Gasteiger partial charge in [0.15, 0.2) is 5.60 Å². The van der Waals surface area contributed by atoms with Crippen molar-refractivity contribution in [2.45, 2.75) is 71.4 Å². The van der Waals surface area contributed by atoms with Gasteiger partial charge in [-0.1, -0.05) is 42.4 Å². The van der Waals surface area contributed by atoms with Crippen LogP contribution in [0.4, 0.5) is 11.4 Å². The molecule has 2 heterocycles. The topological polar surface area (TPSA) is 119 Å². The zero-order valence-corrected chi connectivity index (χ0v) is 27.6. The summed E-state index contributed by atoms with van der Waals surface area (Å²) in [5.41, 5.74) is 2.32. The van der Waals surface area contributed by atoms with E-state index in [1.165, 1.54) is 5.57 Å². The van der Waals surface area contributed by atoms with Gasteiger partial charge in [-0.05, 0) is 88.9 Å². The molecule has 9 heteroatoms. The molecule has 0 bridgehead atoms. The van der Waals surface area contributed by atoms with Gasteiger partial charge in [-0.2, -0.15) is 0 Å². The summed E-state index contributed by atoms with van der Waals surface area (Å²) in [5, 5.41) is 24.7. The Balaban J connectivity index is 1.59. The number of aliphatic hydroxyl groups is 2. The number of methoxy groups -OCH3 is 1. The molecule has 246 valence electrons. The molecular weight excluding hydrogens is 582 g/mol. The van der Waals surface area contributed by atoms with Crippen LogP contribution < -0.4 is 15.0 Å². The Kier molecular flexibility index (Phi) is 11.6. The molecule has 0 saturated carbocycles. The van der Waals surface area contributed by atoms with E-state index in [1.54, 1.807) is 78.4 Å². The summed E-state index contributed by atoms with van der Waals surface area (Å²) in [6.45, 7) is 8.76. The molecule has 0 aliphatic carbocycles. The predicted octanol–water partition coefficient (Wildman–Crippen LogP) is 5.74. The molecule has 3 N–H and O–H groups in total. The normalized spacial score (nSPS) is 20.2. The monoisotopic (exact) mass is 629 g/mol. The first-order valence-electron chi connectivity index (χ1n) is 16.0. The van der Waals surface area contributed by atoms with Crippen LogP contribution in [0.1, 0.15) is 75.7 Å². The summed E-state index contributed by atoms with van der Waals surface area (Å²) in [4.78, 5) is 43.2. The van der Waals surface area contributed by atoms with E-state index in [4.69, 9.17) is 4.74 Å². The van der Waals surface area contributed by atoms with Crippen molar-refractivity contribution in [3.05, 3.63) is 89.0 Å². The van der Waals surface area contributed by atoms with Gasteiger partial charge in [-0.3, -0.25) is 14.4 Å². The van der Waals surface area contributed by atoms with Gasteiger partial charge in [0.25, 0.3) is 11.8 Å². The highest BCUT2D eigenvalue weighted by Crippen LogP contribution is 2.46. The van der Waals surface area contributed by atoms with Crippen LogP contribution in [0.2, 0.25) is 0 Å². The third-order valence-electron chi connectivity index (χ3n) is 8.88. The highest BCUT2D eigenvalue weighted by atomic mass is 16.5. The largest absolute Gasteiger partial charge is 0.497 e. The summed E-state index contributed by atoms with van der Waals surface area (Å²) < 4.78 is 5.18. The van der Waals surface area contributed by atoms with Gasteiger partial charge in [0.2, 0.25) is 5.91 Å². The number of allylic oxidation sites excluding steroid dienone is 3. The number of benzene rings is 2. The third-order valence-corrected chi connectivity index (χ3v) is 8.88. The number of hydrogen-bond acceptors (Lipinski definition) is 6. The first-order valence-corrected chi connectivity index (χ1v) is 16.0. The molecule has 3 atom stereocenters. The summed E-state index contributed by atoms with van der Waals surface area (Å²) >= 11 is 0. The Morgan fingerprint density at radius 2 is 1.87 bits per heavy atom. The maximum atomic E-state index is 14.0. The van der Waals surface area contributed by atoms with Crippen molar-refractivity contribution < 1.29 is 29.3 Å². The van der Waals surface area contributed by atoms with Crippen molar-refractivity contribution in [2.24, 2.45) is 5.92 Å². The number of amides is 3. The maximum Gasteiger partial charge on any atom is 0.264 e. The fraction of sp³-hybridized carbons (Fsp3) is 0.432. The van der Waals surface area contributed by atoms with Crippen LogP contribution in [0.25, 0.3) is 0 Å². The number of likely N-dealkylation sites (tertiary alicyclic amines) is 1. The molecule has 1 fully saturated rings. The predicted molar refractivity (Wildman–Crippen MR) is 181 cm³/mol. The lowest BCUT2D eigenvalue weighted by atomic mass is 9.82. The molecule has 0 radical (unpaired) electrons. The second-order valence-corrected chi connectivity index (χ2v) is 12.5. The maximum absolute atomic E-state index is 14.0. The minimum Gasteiger partial charge on any atom is -0.497 e. The number of carbonyl (C=O) groups excluding carboxylic acids is 3. The smallest absolute Gasteiger partial charge is 0.264 e. The van der Waals surface area contributed by atoms with Crippen molar-refractivity contribution in [1.29, 1.82) is 0 Å². The van der Waals surface area contributed by atoms with Crippen LogP contribution in [0, 0.1) is 5.92 Å². The Labute approximate surface area is 272 Å². The molecule has 1 saturated heterocycles. The average molecular weight is 630 g/mol. The lowest BCUT2D eigenvalue weighted by Gasteiger charge is -2.28. The second kappa shape index (κ2) is 15.4. The molecule has 0 aromatic heterocycles. The number of aliphatic hydroxyl groups excluding tert-OH is 1. The minimum absolute atomic E-state index is 0.0626. The Morgan fingerprint density at radius 3 is 2.54 bits per heavy atom. The van der Waals surface area contributed by atoms with Crippen molar-refractivity contribution in [3.8, 4) is 5.75 Å². The molecule has 3 amide bonds. The third kappa shape index (κ3) is 7.77. The highest BCUT2D eigenvalue weighted by Gasteiger charge is 2.52. The van der Waals surface area contributed by atoms with Crippen LogP contribution in [0.15, 0.2) is 77.9 Å². The summed E-state index contributed by atoms with van der Waals surface area (Å²) in [6, 6.07) is 11.7. The van der Waals surface area contributed by atoms with Crippen LogP contribution >= 0.6 is 0 Å². The van der Waals surface area contributed by atoms with E-state index in [-0.39, 0.29) is 30.9 Å². The Morgan fingerprint density at radius 1 is 1.13 bits per heavy atom. The summed E-state index contributed by atoms with van der Waals surface area (Å²) in [7, 11) is 1.56. The zero-order valence-electron chi connectivity index (χ0n) is 27.6. The molecule has 2 aliphatic rings. The molecule has 2 aliphatic heterocycles. The van der Waals surface area contributed by atoms with Gasteiger partial charge < -0.3 is 30.1 Å². The fourth-order valence-electron chi connectivity index (χ4n) is 6.07. The molecular formula is C37H47N3O6. The van der Waals surface area contributed by atoms with Gasteiger partial charge in [-0.25, -0.2) is 0 Å². The van der Waals surface area contributed by atoms with Gasteiger partial charge in [0.05, 0.1) is 25.4 Å². The van der Waals surface area contributed by atoms with Gasteiger partial charge in [-0.15, -0.1) is 0 Å². The van der Waals surface area contributed by atoms with E-state index in [2.05, 4.69) is 25.2 Å². The number of hydrogen-bond donors (Lipinski definition) is 3. The summed E-state index contributed by atoms with van der Waals surface area (Å²) in [6.07, 6.45) is 11.1. The number of rotatable bonds is 13. The summed E-state index contributed by atoms with van der Waals surface area (Å²) in [5.74, 6) is -0.936. The van der Waals surface area contributed by atoms with E-state index in [0.717, 1.165) is 31.3 Å². The van der Waals surface area contributed by atoms with Crippen LogP contribution in [-0.2, 0) is 15.2 Å². The van der Waals surface area contributed by atoms with Crippen LogP contribution in [0.5, 0.6) is 5.75 Å². The van der Waals surface area contributed by atoms with Crippen molar-refractivity contribution in [3.63, 3.8) is 0 Å². The SMILES string of the molecule is COc1ccc(C(=O)Nc2ccc3c(c2)[C@@](O)([C@H](C)/C=C/CC(=O)N2CCC[C@H]2CO)C(=O)N3C/C=C(\C)CCC=C(C)C)cc1. The lowest BCUT2D eigenvalue weighted by molar-refractivity contribution is -0.139. The average Bonchev–Trinajstić information content (AvgIpc) is 3.61. The Bertz CT molecular complexity index is 1510. The van der Waals surface area contributed by atoms with E-state index < -0.39 is 17.4 Å². The van der Waals surface area contributed by atoms with E-state index in [0.29, 0.717) is 41.3 Å². The van der Waals surface area contributed by atoms with Gasteiger partial charge in [0, 0.05) is 42.2 Å². The molecule has 2 aromatic rings. The fourth-order valence-corrected chi connectivity index (χ4v) is 6.07. The quantitative estimate of drug-likeness (QED) is 0.243. The number of nitrogens with zero attached hydrogens (tertiary/aromatic N) is 2. The second-order valence-electron chi connectivity index (χ2n) is 12.5. The van der Waals surface area contributed by atoms with E-state index >= 15 is 0 Å². The molecule has 46 heavy (non-hydrogen) atoms. The van der Waals surface area contributed by atoms with E-state index in [9.17, 15) is 24.6 Å². The van der Waals surface area contributed by atoms with Gasteiger partial charge >= 0.3 is 0 Å².